The standard InChI is InChI=1S/C18H19N5O4/c1-23(2)9-10-26-15-8-5-13(11-19-15)17(24)20-14-6-3-12(4-7-14)16-21-18(25)27-22-16/h3-8,11H,9-10H2,1-2H3,(H,20,24)(H,21,22,25). The lowest BCUT2D eigenvalue weighted by Crippen LogP contribution is -2.19. The predicted molar refractivity (Wildman–Crippen MR) is 98.8 cm³/mol. The van der Waals surface area contributed by atoms with Crippen molar-refractivity contribution in [1.82, 2.24) is 20.0 Å². The first-order valence-corrected chi connectivity index (χ1v) is 8.22. The van der Waals surface area contributed by atoms with Crippen LogP contribution in [0.1, 0.15) is 10.4 Å². The summed E-state index contributed by atoms with van der Waals surface area (Å²) in [6.07, 6.45) is 1.47. The van der Waals surface area contributed by atoms with Crippen LogP contribution in [-0.4, -0.2) is 53.2 Å². The van der Waals surface area contributed by atoms with Crippen molar-refractivity contribution in [2.24, 2.45) is 0 Å². The molecule has 0 aliphatic heterocycles. The molecule has 0 unspecified atom stereocenters. The lowest BCUT2D eigenvalue weighted by Gasteiger charge is -2.10. The number of aromatic nitrogens is 3. The van der Waals surface area contributed by atoms with Crippen molar-refractivity contribution in [3.63, 3.8) is 0 Å². The highest BCUT2D eigenvalue weighted by molar-refractivity contribution is 6.04. The fourth-order valence-corrected chi connectivity index (χ4v) is 2.20. The third kappa shape index (κ3) is 5.02. The van der Waals surface area contributed by atoms with Crippen molar-refractivity contribution in [2.75, 3.05) is 32.6 Å². The summed E-state index contributed by atoms with van der Waals surface area (Å²) in [4.78, 5) is 31.9. The van der Waals surface area contributed by atoms with Gasteiger partial charge < -0.3 is 15.0 Å². The summed E-state index contributed by atoms with van der Waals surface area (Å²) in [6.45, 7) is 1.30. The van der Waals surface area contributed by atoms with E-state index in [9.17, 15) is 9.59 Å². The predicted octanol–water partition coefficient (Wildman–Crippen LogP) is 1.62. The number of aromatic amines is 1. The van der Waals surface area contributed by atoms with E-state index in [1.165, 1.54) is 6.20 Å². The van der Waals surface area contributed by atoms with Crippen molar-refractivity contribution in [3.05, 3.63) is 58.7 Å². The quantitative estimate of drug-likeness (QED) is 0.650. The molecule has 0 aliphatic carbocycles. The fourth-order valence-electron chi connectivity index (χ4n) is 2.20. The summed E-state index contributed by atoms with van der Waals surface area (Å²) in [5, 5.41) is 6.39. The van der Waals surface area contributed by atoms with Gasteiger partial charge in [0.1, 0.15) is 6.61 Å². The molecular weight excluding hydrogens is 350 g/mol. The molecule has 3 aromatic rings. The first kappa shape index (κ1) is 18.3. The molecule has 9 nitrogen and oxygen atoms in total. The largest absolute Gasteiger partial charge is 0.476 e. The van der Waals surface area contributed by atoms with Crippen LogP contribution >= 0.6 is 0 Å². The third-order valence-electron chi connectivity index (χ3n) is 3.64. The molecule has 9 heteroatoms. The number of carbonyl (C=O) groups is 1. The number of likely N-dealkylation sites (N-methyl/N-ethyl adjacent to an activating group) is 1. The zero-order valence-corrected chi connectivity index (χ0v) is 14.9. The number of hydrogen-bond donors (Lipinski definition) is 2. The minimum Gasteiger partial charge on any atom is -0.476 e. The molecule has 27 heavy (non-hydrogen) atoms. The lowest BCUT2D eigenvalue weighted by molar-refractivity contribution is 0.102. The number of nitrogens with one attached hydrogen (secondary N) is 2. The molecule has 3 rings (SSSR count). The maximum Gasteiger partial charge on any atom is 0.439 e. The van der Waals surface area contributed by atoms with Crippen LogP contribution in [0.4, 0.5) is 5.69 Å². The second kappa shape index (κ2) is 8.28. The van der Waals surface area contributed by atoms with E-state index >= 15 is 0 Å². The monoisotopic (exact) mass is 369 g/mol. The molecular formula is C18H19N5O4. The molecule has 0 bridgehead atoms. The Hall–Kier alpha value is -3.46. The van der Waals surface area contributed by atoms with Gasteiger partial charge in [-0.05, 0) is 44.4 Å². The van der Waals surface area contributed by atoms with Crippen LogP contribution in [0.3, 0.4) is 0 Å². The van der Waals surface area contributed by atoms with Gasteiger partial charge in [0.25, 0.3) is 5.91 Å². The molecule has 2 aromatic heterocycles. The SMILES string of the molecule is CN(C)CCOc1ccc(C(=O)Nc2ccc(-c3noc(=O)[nH]3)cc2)cn1. The van der Waals surface area contributed by atoms with Gasteiger partial charge in [0.15, 0.2) is 5.82 Å². The average molecular weight is 369 g/mol. The third-order valence-corrected chi connectivity index (χ3v) is 3.64. The summed E-state index contributed by atoms with van der Waals surface area (Å²) < 4.78 is 9.97. The molecule has 1 aromatic carbocycles. The Kier molecular flexibility index (Phi) is 5.62. The first-order chi connectivity index (χ1) is 13.0. The molecule has 0 aliphatic rings. The van der Waals surface area contributed by atoms with Gasteiger partial charge in [-0.2, -0.15) is 0 Å². The molecule has 0 saturated carbocycles. The number of pyridine rings is 1. The number of amides is 1. The Balaban J connectivity index is 1.59. The molecule has 0 saturated heterocycles. The first-order valence-electron chi connectivity index (χ1n) is 8.22. The second-order valence-corrected chi connectivity index (χ2v) is 6.01. The molecule has 0 spiro atoms. The van der Waals surface area contributed by atoms with Crippen molar-refractivity contribution in [2.45, 2.75) is 0 Å². The fraction of sp³-hybridized carbons (Fsp3) is 0.222. The number of ether oxygens (including phenoxy) is 1. The van der Waals surface area contributed by atoms with Crippen molar-refractivity contribution >= 4 is 11.6 Å². The van der Waals surface area contributed by atoms with E-state index in [2.05, 4.69) is 25.0 Å². The average Bonchev–Trinajstić information content (AvgIpc) is 3.09. The number of anilines is 1. The normalized spacial score (nSPS) is 10.8. The maximum absolute atomic E-state index is 12.3. The summed E-state index contributed by atoms with van der Waals surface area (Å²) in [7, 11) is 3.92. The number of hydrogen-bond acceptors (Lipinski definition) is 7. The van der Waals surface area contributed by atoms with Crippen molar-refractivity contribution < 1.29 is 14.1 Å². The van der Waals surface area contributed by atoms with Gasteiger partial charge in [-0.1, -0.05) is 5.16 Å². The topological polar surface area (TPSA) is 113 Å². The Morgan fingerprint density at radius 2 is 2.00 bits per heavy atom. The molecule has 2 N–H and O–H groups in total. The number of benzene rings is 1. The van der Waals surface area contributed by atoms with E-state index in [4.69, 9.17) is 4.74 Å². The number of rotatable bonds is 7. The van der Waals surface area contributed by atoms with Gasteiger partial charge in [0, 0.05) is 30.1 Å². The van der Waals surface area contributed by atoms with Crippen LogP contribution in [0, 0.1) is 0 Å². The number of carbonyl (C=O) groups excluding carboxylic acids is 1. The molecule has 0 atom stereocenters. The Labute approximate surface area is 155 Å². The minimum atomic E-state index is -0.621. The van der Waals surface area contributed by atoms with E-state index < -0.39 is 5.76 Å². The minimum absolute atomic E-state index is 0.287. The van der Waals surface area contributed by atoms with Crippen molar-refractivity contribution in [3.8, 4) is 17.3 Å². The summed E-state index contributed by atoms with van der Waals surface area (Å²) in [5.41, 5.74) is 1.68. The summed E-state index contributed by atoms with van der Waals surface area (Å²) in [6, 6.07) is 10.1. The summed E-state index contributed by atoms with van der Waals surface area (Å²) >= 11 is 0. The Morgan fingerprint density at radius 3 is 2.59 bits per heavy atom. The summed E-state index contributed by atoms with van der Waals surface area (Å²) in [5.74, 6) is -0.111. The zero-order valence-electron chi connectivity index (χ0n) is 14.9. The lowest BCUT2D eigenvalue weighted by atomic mass is 10.2. The molecule has 0 radical (unpaired) electrons. The van der Waals surface area contributed by atoms with E-state index in [1.807, 2.05) is 19.0 Å². The maximum atomic E-state index is 12.3. The number of H-pyrrole nitrogens is 1. The van der Waals surface area contributed by atoms with Crippen LogP contribution in [0.25, 0.3) is 11.4 Å². The Bertz CT molecular complexity index is 945. The van der Waals surface area contributed by atoms with Gasteiger partial charge >= 0.3 is 5.76 Å². The van der Waals surface area contributed by atoms with Gasteiger partial charge in [-0.25, -0.2) is 9.78 Å². The second-order valence-electron chi connectivity index (χ2n) is 6.01. The van der Waals surface area contributed by atoms with Crippen LogP contribution in [0.2, 0.25) is 0 Å². The van der Waals surface area contributed by atoms with Gasteiger partial charge in [-0.3, -0.25) is 14.3 Å². The van der Waals surface area contributed by atoms with E-state index in [0.717, 1.165) is 6.54 Å². The van der Waals surface area contributed by atoms with Crippen LogP contribution in [0.15, 0.2) is 51.9 Å². The smallest absolute Gasteiger partial charge is 0.439 e. The highest BCUT2D eigenvalue weighted by Crippen LogP contribution is 2.18. The molecule has 2 heterocycles. The zero-order chi connectivity index (χ0) is 19.2. The van der Waals surface area contributed by atoms with Gasteiger partial charge in [0.2, 0.25) is 5.88 Å². The van der Waals surface area contributed by atoms with Crippen molar-refractivity contribution in [1.29, 1.82) is 0 Å². The van der Waals surface area contributed by atoms with E-state index in [0.29, 0.717) is 35.1 Å². The van der Waals surface area contributed by atoms with Crippen LogP contribution in [0.5, 0.6) is 5.88 Å². The number of nitrogens with zero attached hydrogens (tertiary/aromatic N) is 3. The molecule has 1 amide bonds. The van der Waals surface area contributed by atoms with Gasteiger partial charge in [-0.15, -0.1) is 0 Å². The highest BCUT2D eigenvalue weighted by atomic mass is 16.5. The van der Waals surface area contributed by atoms with Gasteiger partial charge in [0.05, 0.1) is 5.56 Å². The molecule has 140 valence electrons. The van der Waals surface area contributed by atoms with Crippen LogP contribution in [-0.2, 0) is 0 Å². The van der Waals surface area contributed by atoms with E-state index in [-0.39, 0.29) is 5.91 Å². The highest BCUT2D eigenvalue weighted by Gasteiger charge is 2.09. The van der Waals surface area contributed by atoms with Crippen LogP contribution < -0.4 is 15.8 Å². The van der Waals surface area contributed by atoms with E-state index in [1.54, 1.807) is 36.4 Å². The Morgan fingerprint density at radius 1 is 1.22 bits per heavy atom. The molecule has 0 fully saturated rings.